The van der Waals surface area contributed by atoms with Gasteiger partial charge in [-0.2, -0.15) is 0 Å². The first-order chi connectivity index (χ1) is 22.1. The largest absolute Gasteiger partial charge is 1.00 e. The van der Waals surface area contributed by atoms with Crippen molar-refractivity contribution in [2.24, 2.45) is 11.8 Å². The fourth-order valence-corrected chi connectivity index (χ4v) is 52.8. The summed E-state index contributed by atoms with van der Waals surface area (Å²) in [5.74, 6) is -0.0678. The molecule has 0 radical (unpaired) electrons. The van der Waals surface area contributed by atoms with Gasteiger partial charge in [-0.3, -0.25) is 0 Å². The molecule has 50 heavy (non-hydrogen) atoms. The predicted octanol–water partition coefficient (Wildman–Crippen LogP) is 6.35. The second-order valence-electron chi connectivity index (χ2n) is 17.1. The first-order valence-electron chi connectivity index (χ1n) is 18.4. The molecule has 2 N–H and O–H groups in total. The summed E-state index contributed by atoms with van der Waals surface area (Å²) in [4.78, 5) is 0. The normalized spacial score (nSPS) is 17.9. The third kappa shape index (κ3) is 10.9. The standard InChI is InChI=1S/2C10H14N.2C9H13.2C2H7Si.2ClH.2Hf/c2*1-10(2,3)8-6-4-5-7-9(8)11;2*1-6-5-7(2)9(4)8(6)3;2*1-3-2;;;;/h2*4-7,11H,1-3H3;2*6H,1-4H3;2*3H,1-2H3;2*1H;;/q2*-1;;;;;;;2*+2/p-2. The van der Waals surface area contributed by atoms with E-state index in [4.69, 9.17) is 0 Å². The first-order valence-corrected chi connectivity index (χ1v) is 43.8. The van der Waals surface area contributed by atoms with Crippen LogP contribution < -0.4 is 31.4 Å². The van der Waals surface area contributed by atoms with Gasteiger partial charge in [0.05, 0.1) is 0 Å². The quantitative estimate of drug-likeness (QED) is 0.302. The van der Waals surface area contributed by atoms with Crippen LogP contribution >= 0.6 is 0 Å². The van der Waals surface area contributed by atoms with Gasteiger partial charge in [0.25, 0.3) is 0 Å². The van der Waals surface area contributed by atoms with Crippen molar-refractivity contribution in [2.75, 3.05) is 6.61 Å². The zero-order valence-corrected chi connectivity index (χ0v) is 45.7. The predicted molar refractivity (Wildman–Crippen MR) is 216 cm³/mol. The zero-order valence-electron chi connectivity index (χ0n) is 34.7. The topological polar surface area (TPSA) is 24.1 Å². The van der Waals surface area contributed by atoms with Crippen molar-refractivity contribution in [2.45, 2.75) is 134 Å². The van der Waals surface area contributed by atoms with E-state index in [9.17, 15) is 0 Å². The van der Waals surface area contributed by atoms with Gasteiger partial charge in [-0.25, -0.2) is 0 Å². The molecule has 276 valence electrons. The number of hydrogen-bond donors (Lipinski definition) is 2. The molecule has 0 amide bonds. The van der Waals surface area contributed by atoms with Crippen molar-refractivity contribution in [3.63, 3.8) is 0 Å². The molecule has 2 atom stereocenters. The van der Waals surface area contributed by atoms with Crippen LogP contribution in [-0.2, 0) is 52.6 Å². The molecule has 2 aliphatic carbocycles. The van der Waals surface area contributed by atoms with E-state index in [1.807, 2.05) is 6.66 Å². The van der Waals surface area contributed by atoms with E-state index in [0.29, 0.717) is 11.8 Å². The van der Waals surface area contributed by atoms with Gasteiger partial charge in [0, 0.05) is 0 Å². The average molecular weight is 1090 g/mol. The van der Waals surface area contributed by atoms with Gasteiger partial charge >= 0.3 is 317 Å². The molecule has 0 aromatic heterocycles. The van der Waals surface area contributed by atoms with Gasteiger partial charge in [0.2, 0.25) is 0 Å². The number of anilines is 2. The minimum atomic E-state index is -2.04. The number of para-hydroxylation sites is 2. The molecule has 8 heteroatoms. The Morgan fingerprint density at radius 1 is 0.500 bits per heavy atom. The molecule has 0 saturated carbocycles. The van der Waals surface area contributed by atoms with Crippen molar-refractivity contribution < 1.29 is 66.6 Å². The molecular weight excluding hydrogens is 1020 g/mol. The van der Waals surface area contributed by atoms with E-state index >= 15 is 0 Å². The van der Waals surface area contributed by atoms with E-state index < -0.39 is 53.8 Å². The van der Waals surface area contributed by atoms with Crippen molar-refractivity contribution in [1.29, 1.82) is 0 Å². The summed E-state index contributed by atoms with van der Waals surface area (Å²) in [6.07, 6.45) is 0. The van der Waals surface area contributed by atoms with Gasteiger partial charge in [0.15, 0.2) is 0 Å². The Hall–Kier alpha value is -0.246. The Kier molecular flexibility index (Phi) is 18.5. The molecule has 0 bridgehead atoms. The van der Waals surface area contributed by atoms with Crippen LogP contribution in [0.4, 0.5) is 11.4 Å². The van der Waals surface area contributed by atoms with Crippen molar-refractivity contribution in [1.82, 2.24) is 0 Å². The first kappa shape index (κ1) is 47.8. The Labute approximate surface area is 338 Å². The van der Waals surface area contributed by atoms with Gasteiger partial charge in [-0.05, 0) is 0 Å². The summed E-state index contributed by atoms with van der Waals surface area (Å²) in [7, 11) is 0. The third-order valence-electron chi connectivity index (χ3n) is 11.0. The van der Waals surface area contributed by atoms with Gasteiger partial charge < -0.3 is 24.8 Å². The fraction of sp³-hybridized carbons (Fsp3) is 0.524. The van der Waals surface area contributed by atoms with Gasteiger partial charge in [-0.15, -0.1) is 0 Å². The van der Waals surface area contributed by atoms with Crippen LogP contribution in [0.2, 0.25) is 26.2 Å². The van der Waals surface area contributed by atoms with E-state index in [-0.39, 0.29) is 35.6 Å². The minimum absolute atomic E-state index is 0. The van der Waals surface area contributed by atoms with Crippen LogP contribution in [0, 0.1) is 11.8 Å². The zero-order chi connectivity index (χ0) is 36.5. The number of halogens is 2. The minimum Gasteiger partial charge on any atom is -1.00 e. The fourth-order valence-electron chi connectivity index (χ4n) is 7.43. The second-order valence-corrected chi connectivity index (χ2v) is 67.7. The maximum absolute atomic E-state index is 4.19. The van der Waals surface area contributed by atoms with Crippen LogP contribution in [0.25, 0.3) is 0 Å². The van der Waals surface area contributed by atoms with Gasteiger partial charge in [-0.1, -0.05) is 0 Å². The molecule has 2 aromatic rings. The molecule has 2 nitrogen and oxygen atoms in total. The summed E-state index contributed by atoms with van der Waals surface area (Å²) in [6, 6.07) is 18.0. The van der Waals surface area contributed by atoms with Crippen LogP contribution in [0.1, 0.15) is 108 Å². The molecule has 2 unspecified atom stereocenters. The number of benzene rings is 2. The molecule has 2 aliphatic rings. The Morgan fingerprint density at radius 2 is 0.780 bits per heavy atom. The molecule has 0 fully saturated rings. The maximum Gasteiger partial charge on any atom is -1.00 e. The summed E-state index contributed by atoms with van der Waals surface area (Å²) >= 11 is -4.08. The smallest absolute Gasteiger partial charge is 1.00 e. The number of allylic oxidation sites excluding steroid dienone is 8. The SMILES string of the molecule is CC1=C(C)C(C)[C]([Hf+]([NH]c2ccccc2C(C)(C)C)[SiH](C)C)=C1C.CC1=C(C)C(C)[C]([Hf+]([NH]c2ccccc2C(C)(C)C)[SiH](C)C)=C1C.[Cl-].[Cl-]. The number of nitrogens with one attached hydrogen (secondary N) is 2. The summed E-state index contributed by atoms with van der Waals surface area (Å²) < 4.78 is 12.1. The number of hydrogen-bond acceptors (Lipinski definition) is 2. The second kappa shape index (κ2) is 19.4. The molecule has 0 aliphatic heterocycles. The maximum atomic E-state index is 4.19. The van der Waals surface area contributed by atoms with E-state index in [1.165, 1.54) is 22.5 Å². The third-order valence-corrected chi connectivity index (χ3v) is 59.5. The van der Waals surface area contributed by atoms with Crippen molar-refractivity contribution >= 4 is 23.3 Å². The Morgan fingerprint density at radius 3 is 1.00 bits per heavy atom. The van der Waals surface area contributed by atoms with Gasteiger partial charge in [0.1, 0.15) is 0 Å². The molecular formula is C42H68Cl2Hf2N2Si2. The Balaban J connectivity index is 0.000000481. The molecule has 0 heterocycles. The van der Waals surface area contributed by atoms with E-state index in [0.717, 1.165) is 0 Å². The van der Waals surface area contributed by atoms with Crippen LogP contribution in [-0.4, -0.2) is 12.0 Å². The number of rotatable bonds is 8. The van der Waals surface area contributed by atoms with Crippen LogP contribution in [0.3, 0.4) is 0 Å². The Bertz CT molecular complexity index is 1490. The van der Waals surface area contributed by atoms with E-state index in [1.54, 1.807) is 33.4 Å². The average Bonchev–Trinajstić information content (AvgIpc) is 3.31. The summed E-state index contributed by atoms with van der Waals surface area (Å²) in [5, 5.41) is 0. The summed E-state index contributed by atoms with van der Waals surface area (Å²) in [6.45, 7) is 43.1. The van der Waals surface area contributed by atoms with Crippen LogP contribution in [0.5, 0.6) is 0 Å². The van der Waals surface area contributed by atoms with Crippen LogP contribution in [0.15, 0.2) is 88.6 Å². The monoisotopic (exact) mass is 1090 g/mol. The molecule has 0 saturated heterocycles. The van der Waals surface area contributed by atoms with Crippen molar-refractivity contribution in [3.05, 3.63) is 99.8 Å². The molecule has 4 rings (SSSR count). The molecule has 0 spiro atoms. The summed E-state index contributed by atoms with van der Waals surface area (Å²) in [5.41, 5.74) is 15.7. The van der Waals surface area contributed by atoms with E-state index in [2.05, 4.69) is 178 Å². The van der Waals surface area contributed by atoms with Crippen molar-refractivity contribution in [3.8, 4) is 0 Å². The molecule has 2 aromatic carbocycles.